The highest BCUT2D eigenvalue weighted by atomic mass is 35.5. The first-order valence-corrected chi connectivity index (χ1v) is 11.2. The average molecular weight is 487 g/mol. The Kier molecular flexibility index (Phi) is 7.89. The third kappa shape index (κ3) is 6.40. The van der Waals surface area contributed by atoms with Gasteiger partial charge in [-0.2, -0.15) is 4.98 Å². The molecule has 0 spiro atoms. The van der Waals surface area contributed by atoms with Crippen molar-refractivity contribution in [2.24, 2.45) is 0 Å². The largest absolute Gasteiger partial charge is 0.484 e. The Morgan fingerprint density at radius 3 is 2.74 bits per heavy atom. The van der Waals surface area contributed by atoms with Crippen molar-refractivity contribution in [1.82, 2.24) is 20.5 Å². The van der Waals surface area contributed by atoms with Crippen LogP contribution in [0.4, 0.5) is 4.39 Å². The van der Waals surface area contributed by atoms with Crippen LogP contribution in [0.3, 0.4) is 0 Å². The van der Waals surface area contributed by atoms with Crippen LogP contribution in [0.15, 0.2) is 53.1 Å². The van der Waals surface area contributed by atoms with E-state index in [1.807, 2.05) is 0 Å². The second-order valence-electron chi connectivity index (χ2n) is 8.00. The quantitative estimate of drug-likeness (QED) is 0.277. The molecular weight excluding hydrogens is 463 g/mol. The molecule has 1 fully saturated rings. The normalized spacial score (nSPS) is 15.0. The van der Waals surface area contributed by atoms with Gasteiger partial charge in [-0.15, -0.1) is 0 Å². The molecule has 3 aromatic rings. The van der Waals surface area contributed by atoms with Gasteiger partial charge in [0.25, 0.3) is 11.8 Å². The molecule has 0 unspecified atom stereocenters. The lowest BCUT2D eigenvalue weighted by Gasteiger charge is -2.30. The van der Waals surface area contributed by atoms with Crippen LogP contribution >= 0.6 is 11.6 Å². The van der Waals surface area contributed by atoms with Crippen LogP contribution in [0.5, 0.6) is 5.75 Å². The van der Waals surface area contributed by atoms with Gasteiger partial charge in [0.05, 0.1) is 0 Å². The van der Waals surface area contributed by atoms with Crippen molar-refractivity contribution in [1.29, 1.82) is 0 Å². The van der Waals surface area contributed by atoms with E-state index >= 15 is 0 Å². The summed E-state index contributed by atoms with van der Waals surface area (Å²) in [4.78, 5) is 17.8. The molecule has 10 heteroatoms. The highest BCUT2D eigenvalue weighted by Crippen LogP contribution is 2.28. The summed E-state index contributed by atoms with van der Waals surface area (Å²) in [5.41, 5.74) is 3.23. The lowest BCUT2D eigenvalue weighted by molar-refractivity contribution is -0.124. The molecule has 0 saturated carbocycles. The molecule has 1 aliphatic heterocycles. The minimum atomic E-state index is -0.601. The second kappa shape index (κ2) is 11.2. The zero-order valence-corrected chi connectivity index (χ0v) is 19.0. The third-order valence-corrected chi connectivity index (χ3v) is 5.98. The van der Waals surface area contributed by atoms with Crippen LogP contribution in [0, 0.1) is 5.82 Å². The Labute approximate surface area is 200 Å². The molecule has 1 saturated heterocycles. The first kappa shape index (κ1) is 23.9. The summed E-state index contributed by atoms with van der Waals surface area (Å²) in [5, 5.41) is 13.1. The average Bonchev–Trinajstić information content (AvgIpc) is 3.33. The zero-order valence-electron chi connectivity index (χ0n) is 18.3. The number of halogens is 2. The summed E-state index contributed by atoms with van der Waals surface area (Å²) in [6, 6.07) is 11.6. The van der Waals surface area contributed by atoms with Crippen molar-refractivity contribution in [3.63, 3.8) is 0 Å². The summed E-state index contributed by atoms with van der Waals surface area (Å²) in [6.45, 7) is 2.55. The van der Waals surface area contributed by atoms with Crippen LogP contribution < -0.4 is 10.2 Å². The number of hydrogen-bond donors (Lipinski definition) is 2. The minimum absolute atomic E-state index is 0.150. The number of likely N-dealkylation sites (tertiary alicyclic amines) is 1. The Balaban J connectivity index is 1.24. The van der Waals surface area contributed by atoms with Gasteiger partial charge in [0.1, 0.15) is 11.6 Å². The molecule has 1 amide bonds. The number of carbonyl (C=O) groups is 1. The van der Waals surface area contributed by atoms with Crippen LogP contribution in [-0.4, -0.2) is 39.2 Å². The summed E-state index contributed by atoms with van der Waals surface area (Å²) in [7, 11) is 0. The molecule has 4 rings (SSSR count). The molecule has 178 valence electrons. The van der Waals surface area contributed by atoms with Crippen molar-refractivity contribution in [3.05, 3.63) is 82.2 Å². The molecule has 8 nitrogen and oxygen atoms in total. The maximum atomic E-state index is 13.2. The smallest absolute Gasteiger partial charge is 0.267 e. The highest BCUT2D eigenvalue weighted by molar-refractivity contribution is 6.31. The molecular formula is C24H24ClFN4O4. The molecule has 2 heterocycles. The van der Waals surface area contributed by atoms with Crippen LogP contribution in [0.2, 0.25) is 5.02 Å². The molecule has 2 N–H and O–H groups in total. The maximum Gasteiger partial charge on any atom is 0.267 e. The van der Waals surface area contributed by atoms with E-state index in [0.717, 1.165) is 37.1 Å². The lowest BCUT2D eigenvalue weighted by atomic mass is 9.96. The van der Waals surface area contributed by atoms with Crippen molar-refractivity contribution in [3.8, 4) is 5.75 Å². The van der Waals surface area contributed by atoms with Crippen molar-refractivity contribution < 1.29 is 23.7 Å². The van der Waals surface area contributed by atoms with E-state index < -0.39 is 5.91 Å². The number of amides is 1. The highest BCUT2D eigenvalue weighted by Gasteiger charge is 2.25. The Morgan fingerprint density at radius 2 is 2.03 bits per heavy atom. The van der Waals surface area contributed by atoms with Gasteiger partial charge in [-0.1, -0.05) is 35.0 Å². The summed E-state index contributed by atoms with van der Waals surface area (Å²) in [6.07, 6.45) is 4.57. The maximum absolute atomic E-state index is 13.2. The fraction of sp³-hybridized carbons (Fsp3) is 0.292. The number of hydroxylamine groups is 1. The van der Waals surface area contributed by atoms with E-state index in [2.05, 4.69) is 15.0 Å². The molecule has 0 bridgehead atoms. The molecule has 34 heavy (non-hydrogen) atoms. The van der Waals surface area contributed by atoms with Gasteiger partial charge in [-0.05, 0) is 67.4 Å². The monoisotopic (exact) mass is 486 g/mol. The number of rotatable bonds is 8. The molecule has 2 aromatic carbocycles. The molecule has 0 radical (unpaired) electrons. The van der Waals surface area contributed by atoms with E-state index in [4.69, 9.17) is 26.1 Å². The molecule has 0 aliphatic carbocycles. The van der Waals surface area contributed by atoms with Crippen molar-refractivity contribution >= 4 is 23.6 Å². The van der Waals surface area contributed by atoms with Gasteiger partial charge in [0, 0.05) is 23.6 Å². The van der Waals surface area contributed by atoms with Gasteiger partial charge in [-0.25, -0.2) is 9.87 Å². The molecule has 0 atom stereocenters. The number of nitrogens with zero attached hydrogens (tertiary/aromatic N) is 3. The van der Waals surface area contributed by atoms with Gasteiger partial charge in [0.2, 0.25) is 0 Å². The van der Waals surface area contributed by atoms with Crippen LogP contribution in [-0.2, 0) is 17.9 Å². The third-order valence-electron chi connectivity index (χ3n) is 5.63. The van der Waals surface area contributed by atoms with E-state index in [1.165, 1.54) is 23.7 Å². The predicted octanol–water partition coefficient (Wildman–Crippen LogP) is 4.34. The van der Waals surface area contributed by atoms with E-state index in [-0.39, 0.29) is 18.3 Å². The van der Waals surface area contributed by atoms with Crippen molar-refractivity contribution in [2.75, 3.05) is 13.1 Å². The first-order valence-electron chi connectivity index (χ1n) is 10.8. The Morgan fingerprint density at radius 1 is 1.26 bits per heavy atom. The summed E-state index contributed by atoms with van der Waals surface area (Å²) < 4.78 is 24.3. The second-order valence-corrected chi connectivity index (χ2v) is 8.41. The molecule has 1 aliphatic rings. The van der Waals surface area contributed by atoms with Gasteiger partial charge in [0.15, 0.2) is 12.4 Å². The first-order chi connectivity index (χ1) is 16.5. The van der Waals surface area contributed by atoms with Gasteiger partial charge in [-0.3, -0.25) is 14.9 Å². The summed E-state index contributed by atoms with van der Waals surface area (Å²) >= 11 is 6.15. The number of hydrogen-bond acceptors (Lipinski definition) is 7. The van der Waals surface area contributed by atoms with E-state index in [0.29, 0.717) is 29.0 Å². The lowest BCUT2D eigenvalue weighted by Crippen LogP contribution is -2.32. The van der Waals surface area contributed by atoms with E-state index in [9.17, 15) is 9.18 Å². The van der Waals surface area contributed by atoms with Crippen molar-refractivity contribution in [2.45, 2.75) is 31.9 Å². The Hall–Kier alpha value is -3.27. The predicted molar refractivity (Wildman–Crippen MR) is 123 cm³/mol. The molecule has 1 aromatic heterocycles. The summed E-state index contributed by atoms with van der Waals surface area (Å²) in [5.74, 6) is 0.981. The van der Waals surface area contributed by atoms with Gasteiger partial charge < -0.3 is 9.26 Å². The topological polar surface area (TPSA) is 101 Å². The number of piperidine rings is 1. The minimum Gasteiger partial charge on any atom is -0.484 e. The SMILES string of the molecule is O=C(/C=C/c1ccc(OCc2nc(C3CCN(Cc4ccc(F)cc4Cl)CC3)no2)cc1)NO. The van der Waals surface area contributed by atoms with Crippen LogP contribution in [0.1, 0.15) is 41.6 Å². The number of ether oxygens (including phenoxy) is 1. The standard InChI is InChI=1S/C24H24ClFN4O4/c25-21-13-19(26)5-4-18(21)14-30-11-9-17(10-12-30)24-27-23(34-29-24)15-33-20-6-1-16(2-7-20)3-8-22(31)28-32/h1-8,13,17,32H,9-12,14-15H2,(H,28,31)/b8-3+. The number of carbonyl (C=O) groups excluding carboxylic acids is 1. The number of aromatic nitrogens is 2. The fourth-order valence-corrected chi connectivity index (χ4v) is 3.99. The number of benzene rings is 2. The Bertz CT molecular complexity index is 1140. The van der Waals surface area contributed by atoms with E-state index in [1.54, 1.807) is 36.4 Å². The number of nitrogens with one attached hydrogen (secondary N) is 1. The zero-order chi connectivity index (χ0) is 23.9. The fourth-order valence-electron chi connectivity index (χ4n) is 3.76. The van der Waals surface area contributed by atoms with Gasteiger partial charge >= 0.3 is 0 Å². The van der Waals surface area contributed by atoms with Crippen LogP contribution in [0.25, 0.3) is 6.08 Å².